The predicted octanol–water partition coefficient (Wildman–Crippen LogP) is 4.31. The minimum absolute atomic E-state index is 0.749. The van der Waals surface area contributed by atoms with E-state index in [0.717, 1.165) is 53.4 Å². The summed E-state index contributed by atoms with van der Waals surface area (Å²) in [5.41, 5.74) is 4.23. The van der Waals surface area contributed by atoms with E-state index in [1.165, 1.54) is 5.69 Å². The highest BCUT2D eigenvalue weighted by Crippen LogP contribution is 2.29. The van der Waals surface area contributed by atoms with Crippen LogP contribution in [0.15, 0.2) is 54.6 Å². The molecule has 3 aromatic rings. The number of para-hydroxylation sites is 1. The maximum Gasteiger partial charge on any atom is 0.0724 e. The van der Waals surface area contributed by atoms with Crippen molar-refractivity contribution in [2.24, 2.45) is 0 Å². The minimum atomic E-state index is 0.749. The lowest BCUT2D eigenvalue weighted by molar-refractivity contribution is 0.313. The Morgan fingerprint density at radius 1 is 0.917 bits per heavy atom. The molecule has 122 valence electrons. The van der Waals surface area contributed by atoms with Crippen LogP contribution in [0.1, 0.15) is 0 Å². The van der Waals surface area contributed by atoms with Crippen molar-refractivity contribution in [3.05, 3.63) is 59.6 Å². The van der Waals surface area contributed by atoms with Crippen LogP contribution < -0.4 is 4.90 Å². The lowest BCUT2D eigenvalue weighted by Crippen LogP contribution is -2.44. The van der Waals surface area contributed by atoms with Crippen molar-refractivity contribution in [2.45, 2.75) is 0 Å². The Morgan fingerprint density at radius 2 is 1.62 bits per heavy atom. The second-order valence-corrected chi connectivity index (χ2v) is 6.75. The molecule has 0 atom stereocenters. The number of aromatic nitrogens is 1. The van der Waals surface area contributed by atoms with Gasteiger partial charge in [-0.2, -0.15) is 0 Å². The summed E-state index contributed by atoms with van der Waals surface area (Å²) in [6.07, 6.45) is 0. The van der Waals surface area contributed by atoms with Gasteiger partial charge in [-0.15, -0.1) is 0 Å². The zero-order valence-electron chi connectivity index (χ0n) is 13.7. The fraction of sp³-hybridized carbons (Fsp3) is 0.250. The van der Waals surface area contributed by atoms with Crippen molar-refractivity contribution in [1.29, 1.82) is 0 Å². The molecule has 0 N–H and O–H groups in total. The van der Waals surface area contributed by atoms with Crippen LogP contribution in [0.25, 0.3) is 22.2 Å². The number of likely N-dealkylation sites (N-methyl/N-ethyl adjacent to an activating group) is 1. The van der Waals surface area contributed by atoms with Crippen LogP contribution in [-0.2, 0) is 0 Å². The van der Waals surface area contributed by atoms with E-state index in [1.807, 2.05) is 30.3 Å². The number of halogens is 1. The molecule has 1 aromatic heterocycles. The minimum Gasteiger partial charge on any atom is -0.369 e. The highest BCUT2D eigenvalue weighted by Gasteiger charge is 2.14. The van der Waals surface area contributed by atoms with Crippen molar-refractivity contribution in [3.63, 3.8) is 0 Å². The van der Waals surface area contributed by atoms with Crippen molar-refractivity contribution >= 4 is 28.2 Å². The molecular formula is C20H20ClN3. The third-order valence-corrected chi connectivity index (χ3v) is 5.01. The molecule has 4 rings (SSSR count). The summed E-state index contributed by atoms with van der Waals surface area (Å²) in [6.45, 7) is 4.39. The lowest BCUT2D eigenvalue weighted by Gasteiger charge is -2.34. The molecule has 0 unspecified atom stereocenters. The average Bonchev–Trinajstić information content (AvgIpc) is 2.62. The van der Waals surface area contributed by atoms with Crippen molar-refractivity contribution < 1.29 is 0 Å². The van der Waals surface area contributed by atoms with E-state index in [9.17, 15) is 0 Å². The largest absolute Gasteiger partial charge is 0.369 e. The van der Waals surface area contributed by atoms with E-state index < -0.39 is 0 Å². The first-order valence-electron chi connectivity index (χ1n) is 8.30. The SMILES string of the molecule is CN1CCN(c2ccc(-c3cc(Cl)c4ccccc4n3)cc2)CC1. The molecule has 24 heavy (non-hydrogen) atoms. The van der Waals surface area contributed by atoms with Crippen LogP contribution in [0, 0.1) is 0 Å². The summed E-state index contributed by atoms with van der Waals surface area (Å²) >= 11 is 6.43. The van der Waals surface area contributed by atoms with Crippen LogP contribution in [0.3, 0.4) is 0 Å². The van der Waals surface area contributed by atoms with E-state index in [0.29, 0.717) is 0 Å². The van der Waals surface area contributed by atoms with E-state index in [-0.39, 0.29) is 0 Å². The summed E-state index contributed by atoms with van der Waals surface area (Å²) in [5, 5.41) is 1.75. The van der Waals surface area contributed by atoms with Crippen molar-refractivity contribution in [1.82, 2.24) is 9.88 Å². The number of nitrogens with zero attached hydrogens (tertiary/aromatic N) is 3. The van der Waals surface area contributed by atoms with Gasteiger partial charge in [-0.3, -0.25) is 0 Å². The Morgan fingerprint density at radius 3 is 2.38 bits per heavy atom. The molecule has 4 heteroatoms. The van der Waals surface area contributed by atoms with Gasteiger partial charge in [-0.1, -0.05) is 41.9 Å². The van der Waals surface area contributed by atoms with Gasteiger partial charge in [0.25, 0.3) is 0 Å². The monoisotopic (exact) mass is 337 g/mol. The molecule has 1 saturated heterocycles. The molecule has 0 saturated carbocycles. The van der Waals surface area contributed by atoms with Crippen LogP contribution in [0.2, 0.25) is 5.02 Å². The van der Waals surface area contributed by atoms with Gasteiger partial charge in [-0.05, 0) is 31.3 Å². The van der Waals surface area contributed by atoms with Gasteiger partial charge >= 0.3 is 0 Å². The zero-order chi connectivity index (χ0) is 16.5. The zero-order valence-corrected chi connectivity index (χ0v) is 14.5. The molecule has 2 heterocycles. The average molecular weight is 338 g/mol. The van der Waals surface area contributed by atoms with E-state index in [1.54, 1.807) is 0 Å². The number of hydrogen-bond donors (Lipinski definition) is 0. The molecule has 1 aliphatic rings. The van der Waals surface area contributed by atoms with Gasteiger partial charge in [0, 0.05) is 42.8 Å². The van der Waals surface area contributed by atoms with Gasteiger partial charge in [0.05, 0.1) is 16.2 Å². The second kappa shape index (κ2) is 6.42. The van der Waals surface area contributed by atoms with Gasteiger partial charge < -0.3 is 9.80 Å². The maximum absolute atomic E-state index is 6.43. The van der Waals surface area contributed by atoms with Crippen LogP contribution in [-0.4, -0.2) is 43.1 Å². The second-order valence-electron chi connectivity index (χ2n) is 6.34. The Labute approximate surface area is 147 Å². The van der Waals surface area contributed by atoms with Crippen LogP contribution >= 0.6 is 11.6 Å². The van der Waals surface area contributed by atoms with Crippen LogP contribution in [0.5, 0.6) is 0 Å². The Kier molecular flexibility index (Phi) is 4.13. The Balaban J connectivity index is 1.63. The molecule has 0 aliphatic carbocycles. The van der Waals surface area contributed by atoms with Gasteiger partial charge in [0.1, 0.15) is 0 Å². The highest BCUT2D eigenvalue weighted by atomic mass is 35.5. The number of benzene rings is 2. The predicted molar refractivity (Wildman–Crippen MR) is 102 cm³/mol. The Hall–Kier alpha value is -2.10. The molecule has 0 amide bonds. The van der Waals surface area contributed by atoms with Crippen LogP contribution in [0.4, 0.5) is 5.69 Å². The maximum atomic E-state index is 6.43. The van der Waals surface area contributed by atoms with Gasteiger partial charge in [0.15, 0.2) is 0 Å². The van der Waals surface area contributed by atoms with E-state index >= 15 is 0 Å². The number of pyridine rings is 1. The van der Waals surface area contributed by atoms with Crippen molar-refractivity contribution in [2.75, 3.05) is 38.1 Å². The Bertz CT molecular complexity index is 852. The molecular weight excluding hydrogens is 318 g/mol. The van der Waals surface area contributed by atoms with E-state index in [4.69, 9.17) is 16.6 Å². The molecule has 0 radical (unpaired) electrons. The molecule has 1 aliphatic heterocycles. The highest BCUT2D eigenvalue weighted by molar-refractivity contribution is 6.35. The summed E-state index contributed by atoms with van der Waals surface area (Å²) < 4.78 is 0. The third-order valence-electron chi connectivity index (χ3n) is 4.70. The topological polar surface area (TPSA) is 19.4 Å². The molecule has 3 nitrogen and oxygen atoms in total. The summed E-state index contributed by atoms with van der Waals surface area (Å²) in [5.74, 6) is 0. The first-order valence-corrected chi connectivity index (χ1v) is 8.68. The van der Waals surface area contributed by atoms with E-state index in [2.05, 4.69) is 41.1 Å². The molecule has 0 bridgehead atoms. The third kappa shape index (κ3) is 2.97. The first-order chi connectivity index (χ1) is 11.7. The number of fused-ring (bicyclic) bond motifs is 1. The molecule has 0 spiro atoms. The lowest BCUT2D eigenvalue weighted by atomic mass is 10.1. The number of rotatable bonds is 2. The van der Waals surface area contributed by atoms with Gasteiger partial charge in [-0.25, -0.2) is 4.98 Å². The van der Waals surface area contributed by atoms with Gasteiger partial charge in [0.2, 0.25) is 0 Å². The normalized spacial score (nSPS) is 15.8. The molecule has 2 aromatic carbocycles. The summed E-state index contributed by atoms with van der Waals surface area (Å²) in [6, 6.07) is 18.6. The van der Waals surface area contributed by atoms with Crippen molar-refractivity contribution in [3.8, 4) is 11.3 Å². The standard InChI is InChI=1S/C20H20ClN3/c1-23-10-12-24(13-11-23)16-8-6-15(7-9-16)20-14-18(21)17-4-2-3-5-19(17)22-20/h2-9,14H,10-13H2,1H3. The molecule has 1 fully saturated rings. The first kappa shape index (κ1) is 15.4. The fourth-order valence-corrected chi connectivity index (χ4v) is 3.45. The quantitative estimate of drug-likeness (QED) is 0.694. The number of hydrogen-bond acceptors (Lipinski definition) is 3. The fourth-order valence-electron chi connectivity index (χ4n) is 3.19. The number of anilines is 1. The number of piperazine rings is 1. The summed E-state index contributed by atoms with van der Waals surface area (Å²) in [4.78, 5) is 9.56. The smallest absolute Gasteiger partial charge is 0.0724 e. The summed E-state index contributed by atoms with van der Waals surface area (Å²) in [7, 11) is 2.18.